The number of hydrogen-bond donors (Lipinski definition) is 1. The summed E-state index contributed by atoms with van der Waals surface area (Å²) < 4.78 is 12.7. The molecule has 4 rings (SSSR count). The number of rotatable bonds is 1. The maximum atomic E-state index is 10.0. The van der Waals surface area contributed by atoms with E-state index in [2.05, 4.69) is 26.2 Å². The zero-order valence-electron chi connectivity index (χ0n) is 13.5. The molecule has 2 heterocycles. The molecule has 118 valence electrons. The van der Waals surface area contributed by atoms with Gasteiger partial charge in [0, 0.05) is 30.0 Å². The van der Waals surface area contributed by atoms with Crippen LogP contribution in [0, 0.1) is 0 Å². The van der Waals surface area contributed by atoms with Crippen LogP contribution in [0.2, 0.25) is 0 Å². The van der Waals surface area contributed by atoms with E-state index in [0.717, 1.165) is 35.5 Å². The van der Waals surface area contributed by atoms with Crippen molar-refractivity contribution in [1.82, 2.24) is 0 Å². The number of quaternary nitrogens is 1. The molecule has 1 N–H and O–H groups in total. The highest BCUT2D eigenvalue weighted by atomic mass is 16.5. The van der Waals surface area contributed by atoms with Crippen molar-refractivity contribution in [1.29, 1.82) is 0 Å². The molecule has 1 spiro atoms. The number of aliphatic hydroxyl groups is 1. The maximum absolute atomic E-state index is 10.0. The molecule has 4 heteroatoms. The Labute approximate surface area is 131 Å². The molecule has 1 aliphatic carbocycles. The molecule has 3 aliphatic rings. The first kappa shape index (κ1) is 14.1. The van der Waals surface area contributed by atoms with Crippen LogP contribution in [0.3, 0.4) is 0 Å². The Kier molecular flexibility index (Phi) is 2.88. The first-order chi connectivity index (χ1) is 10.4. The number of ether oxygens (including phenoxy) is 2. The average molecular weight is 302 g/mol. The zero-order valence-corrected chi connectivity index (χ0v) is 13.5. The van der Waals surface area contributed by atoms with Gasteiger partial charge >= 0.3 is 0 Å². The molecule has 0 fully saturated rings. The predicted molar refractivity (Wildman–Crippen MR) is 84.1 cm³/mol. The van der Waals surface area contributed by atoms with Gasteiger partial charge in [-0.15, -0.1) is 0 Å². The summed E-state index contributed by atoms with van der Waals surface area (Å²) in [5, 5.41) is 10.0. The van der Waals surface area contributed by atoms with Crippen LogP contribution in [0.25, 0.3) is 0 Å². The number of methoxy groups -OCH3 is 1. The number of benzene rings is 1. The summed E-state index contributed by atoms with van der Waals surface area (Å²) in [5.41, 5.74) is 2.56. The second-order valence-electron chi connectivity index (χ2n) is 7.54. The van der Waals surface area contributed by atoms with Gasteiger partial charge in [-0.25, -0.2) is 0 Å². The lowest BCUT2D eigenvalue weighted by molar-refractivity contribution is -0.903. The minimum absolute atomic E-state index is 0.0338. The van der Waals surface area contributed by atoms with Gasteiger partial charge in [0.05, 0.1) is 39.3 Å². The van der Waals surface area contributed by atoms with Gasteiger partial charge in [0.25, 0.3) is 0 Å². The van der Waals surface area contributed by atoms with Gasteiger partial charge in [-0.05, 0) is 6.07 Å². The molecule has 0 radical (unpaired) electrons. The highest BCUT2D eigenvalue weighted by molar-refractivity contribution is 5.57. The van der Waals surface area contributed by atoms with Crippen molar-refractivity contribution in [3.05, 3.63) is 35.4 Å². The monoisotopic (exact) mass is 302 g/mol. The fourth-order valence-electron chi connectivity index (χ4n) is 4.36. The molecule has 1 aromatic carbocycles. The van der Waals surface area contributed by atoms with Crippen molar-refractivity contribution in [2.75, 3.05) is 27.7 Å². The minimum atomic E-state index is -0.402. The second-order valence-corrected chi connectivity index (χ2v) is 7.54. The molecular formula is C18H24NO3+. The topological polar surface area (TPSA) is 38.7 Å². The lowest BCUT2D eigenvalue weighted by Gasteiger charge is -2.36. The van der Waals surface area contributed by atoms with Crippen molar-refractivity contribution in [3.8, 4) is 11.5 Å². The van der Waals surface area contributed by atoms with Crippen LogP contribution in [0.4, 0.5) is 0 Å². The van der Waals surface area contributed by atoms with E-state index in [0.29, 0.717) is 6.42 Å². The SMILES string of the molecule is COc1cc2c3c(c1)OC1CC(O)C=C[C@@]31CC[N+](C)(C)C2. The molecule has 1 aromatic rings. The van der Waals surface area contributed by atoms with E-state index in [1.807, 2.05) is 12.1 Å². The van der Waals surface area contributed by atoms with E-state index in [9.17, 15) is 5.11 Å². The van der Waals surface area contributed by atoms with Crippen LogP contribution in [-0.4, -0.2) is 49.5 Å². The van der Waals surface area contributed by atoms with E-state index < -0.39 is 6.10 Å². The van der Waals surface area contributed by atoms with Gasteiger partial charge in [-0.3, -0.25) is 0 Å². The smallest absolute Gasteiger partial charge is 0.128 e. The van der Waals surface area contributed by atoms with Gasteiger partial charge in [0.2, 0.25) is 0 Å². The highest BCUT2D eigenvalue weighted by Gasteiger charge is 2.53. The van der Waals surface area contributed by atoms with Gasteiger partial charge in [0.15, 0.2) is 0 Å². The second kappa shape index (κ2) is 4.49. The Hall–Kier alpha value is -1.52. The molecule has 22 heavy (non-hydrogen) atoms. The molecule has 3 atom stereocenters. The summed E-state index contributed by atoms with van der Waals surface area (Å²) in [5.74, 6) is 1.80. The Bertz CT molecular complexity index is 652. The van der Waals surface area contributed by atoms with Crippen LogP contribution in [0.15, 0.2) is 24.3 Å². The van der Waals surface area contributed by atoms with E-state index in [4.69, 9.17) is 9.47 Å². The molecule has 2 unspecified atom stereocenters. The fourth-order valence-corrected chi connectivity index (χ4v) is 4.36. The lowest BCUT2D eigenvalue weighted by atomic mass is 9.69. The third-order valence-electron chi connectivity index (χ3n) is 5.50. The summed E-state index contributed by atoms with van der Waals surface area (Å²) in [7, 11) is 6.26. The van der Waals surface area contributed by atoms with Crippen molar-refractivity contribution < 1.29 is 19.1 Å². The lowest BCUT2D eigenvalue weighted by Crippen LogP contribution is -2.45. The quantitative estimate of drug-likeness (QED) is 0.637. The van der Waals surface area contributed by atoms with Gasteiger partial charge in [-0.2, -0.15) is 0 Å². The fraction of sp³-hybridized carbons (Fsp3) is 0.556. The standard InChI is InChI=1S/C18H24NO3/c1-19(2)7-6-18-5-4-13(20)9-16(18)22-15-10-14(21-3)8-12(11-19)17(15)18/h4-5,8,10,13,16,20H,6-7,9,11H2,1-3H3/q+1/t13?,16?,18-/m0/s1. The number of aliphatic hydroxyl groups excluding tert-OH is 1. The third-order valence-corrected chi connectivity index (χ3v) is 5.50. The van der Waals surface area contributed by atoms with E-state index >= 15 is 0 Å². The van der Waals surface area contributed by atoms with Crippen molar-refractivity contribution in [3.63, 3.8) is 0 Å². The Morgan fingerprint density at radius 2 is 2.18 bits per heavy atom. The predicted octanol–water partition coefficient (Wildman–Crippen LogP) is 1.99. The van der Waals surface area contributed by atoms with Crippen LogP contribution in [-0.2, 0) is 12.0 Å². The molecule has 0 bridgehead atoms. The van der Waals surface area contributed by atoms with Crippen LogP contribution in [0.1, 0.15) is 24.0 Å². The number of nitrogens with zero attached hydrogens (tertiary/aromatic N) is 1. The van der Waals surface area contributed by atoms with Crippen molar-refractivity contribution in [2.24, 2.45) is 0 Å². The molecular weight excluding hydrogens is 278 g/mol. The summed E-state index contributed by atoms with van der Waals surface area (Å²) in [6.45, 7) is 2.07. The van der Waals surface area contributed by atoms with Crippen molar-refractivity contribution in [2.45, 2.75) is 37.0 Å². The molecule has 2 aliphatic heterocycles. The van der Waals surface area contributed by atoms with Crippen LogP contribution >= 0.6 is 0 Å². The van der Waals surface area contributed by atoms with E-state index in [-0.39, 0.29) is 11.5 Å². The van der Waals surface area contributed by atoms with Crippen molar-refractivity contribution >= 4 is 0 Å². The maximum Gasteiger partial charge on any atom is 0.128 e. The Morgan fingerprint density at radius 3 is 2.95 bits per heavy atom. The molecule has 0 aromatic heterocycles. The highest BCUT2D eigenvalue weighted by Crippen LogP contribution is 2.54. The molecule has 0 saturated heterocycles. The van der Waals surface area contributed by atoms with Gasteiger partial charge in [0.1, 0.15) is 24.1 Å². The first-order valence-electron chi connectivity index (χ1n) is 8.01. The number of hydrogen-bond acceptors (Lipinski definition) is 3. The van der Waals surface area contributed by atoms with E-state index in [1.165, 1.54) is 11.1 Å². The summed E-state index contributed by atoms with van der Waals surface area (Å²) in [6, 6.07) is 4.17. The first-order valence-corrected chi connectivity index (χ1v) is 8.01. The summed E-state index contributed by atoms with van der Waals surface area (Å²) >= 11 is 0. The van der Waals surface area contributed by atoms with Gasteiger partial charge < -0.3 is 19.1 Å². The van der Waals surface area contributed by atoms with Crippen LogP contribution < -0.4 is 9.47 Å². The summed E-state index contributed by atoms with van der Waals surface area (Å²) in [4.78, 5) is 0. The van der Waals surface area contributed by atoms with E-state index in [1.54, 1.807) is 7.11 Å². The molecule has 0 saturated carbocycles. The normalized spacial score (nSPS) is 34.4. The summed E-state index contributed by atoms with van der Waals surface area (Å²) in [6.07, 6.45) is 5.51. The Morgan fingerprint density at radius 1 is 1.36 bits per heavy atom. The average Bonchev–Trinajstić information content (AvgIpc) is 2.72. The van der Waals surface area contributed by atoms with Crippen LogP contribution in [0.5, 0.6) is 11.5 Å². The Balaban J connectivity index is 1.94. The largest absolute Gasteiger partial charge is 0.497 e. The zero-order chi connectivity index (χ0) is 15.5. The minimum Gasteiger partial charge on any atom is -0.497 e. The molecule has 0 amide bonds. The third kappa shape index (κ3) is 1.90. The molecule has 4 nitrogen and oxygen atoms in total. The van der Waals surface area contributed by atoms with Gasteiger partial charge in [-0.1, -0.05) is 12.2 Å².